The third-order valence-electron chi connectivity index (χ3n) is 2.39. The highest BCUT2D eigenvalue weighted by molar-refractivity contribution is 6.32. The van der Waals surface area contributed by atoms with Gasteiger partial charge in [-0.15, -0.1) is 10.2 Å². The zero-order valence-corrected chi connectivity index (χ0v) is 12.4. The van der Waals surface area contributed by atoms with E-state index in [1.807, 2.05) is 0 Å². The van der Waals surface area contributed by atoms with Crippen LogP contribution in [-0.4, -0.2) is 25.1 Å². The summed E-state index contributed by atoms with van der Waals surface area (Å²) < 4.78 is 10.2. The topological polar surface area (TPSA) is 80.5 Å². The Bertz CT molecular complexity index is 578. The van der Waals surface area contributed by atoms with Gasteiger partial charge in [0.1, 0.15) is 22.9 Å². The van der Waals surface area contributed by atoms with Gasteiger partial charge in [-0.3, -0.25) is 4.79 Å². The average molecular weight is 299 g/mol. The molecule has 0 aromatic heterocycles. The molecule has 0 unspecified atom stereocenters. The van der Waals surface area contributed by atoms with Crippen molar-refractivity contribution in [2.45, 2.75) is 13.8 Å². The van der Waals surface area contributed by atoms with Crippen molar-refractivity contribution in [2.75, 3.05) is 14.2 Å². The van der Waals surface area contributed by atoms with E-state index < -0.39 is 5.78 Å². The van der Waals surface area contributed by atoms with Crippen molar-refractivity contribution in [3.8, 4) is 11.5 Å². The van der Waals surface area contributed by atoms with E-state index in [-0.39, 0.29) is 11.5 Å². The minimum absolute atomic E-state index is 0.126. The third-order valence-corrected chi connectivity index (χ3v) is 2.68. The van der Waals surface area contributed by atoms with Crippen molar-refractivity contribution in [3.63, 3.8) is 0 Å². The number of carbonyl (C=O) groups is 1. The van der Waals surface area contributed by atoms with Crippen LogP contribution in [0.15, 0.2) is 33.8 Å². The molecule has 0 spiro atoms. The number of benzene rings is 1. The maximum Gasteiger partial charge on any atom is 0.183 e. The first-order valence-corrected chi connectivity index (χ1v) is 6.02. The van der Waals surface area contributed by atoms with Crippen molar-refractivity contribution >= 4 is 23.1 Å². The van der Waals surface area contributed by atoms with Crippen LogP contribution < -0.4 is 9.47 Å². The Morgan fingerprint density at radius 1 is 1.20 bits per heavy atom. The highest BCUT2D eigenvalue weighted by Crippen LogP contribution is 2.38. The van der Waals surface area contributed by atoms with Crippen molar-refractivity contribution in [2.24, 2.45) is 10.2 Å². The lowest BCUT2D eigenvalue weighted by molar-refractivity contribution is -0.113. The number of methoxy groups -OCH3 is 2. The minimum atomic E-state index is -0.396. The highest BCUT2D eigenvalue weighted by Gasteiger charge is 2.11. The van der Waals surface area contributed by atoms with Gasteiger partial charge in [0.15, 0.2) is 11.5 Å². The molecule has 1 N–H and O–H groups in total. The summed E-state index contributed by atoms with van der Waals surface area (Å²) in [4.78, 5) is 11.3. The van der Waals surface area contributed by atoms with Crippen LogP contribution in [0.2, 0.25) is 5.02 Å². The molecule has 1 aromatic rings. The monoisotopic (exact) mass is 298 g/mol. The Morgan fingerprint density at radius 2 is 1.80 bits per heavy atom. The fraction of sp³-hybridized carbons (Fsp3) is 0.308. The molecule has 0 fully saturated rings. The van der Waals surface area contributed by atoms with E-state index in [1.54, 1.807) is 6.07 Å². The summed E-state index contributed by atoms with van der Waals surface area (Å²) in [5.74, 6) is 0.212. The maximum atomic E-state index is 11.3. The van der Waals surface area contributed by atoms with Crippen LogP contribution in [0, 0.1) is 0 Å². The zero-order valence-electron chi connectivity index (χ0n) is 11.6. The number of ether oxygens (including phenoxy) is 2. The Balaban J connectivity index is 3.24. The van der Waals surface area contributed by atoms with Crippen LogP contribution in [0.25, 0.3) is 0 Å². The summed E-state index contributed by atoms with van der Waals surface area (Å²) in [6.45, 7) is 2.64. The number of ketones is 1. The van der Waals surface area contributed by atoms with E-state index in [4.69, 9.17) is 21.1 Å². The van der Waals surface area contributed by atoms with E-state index in [0.29, 0.717) is 22.2 Å². The van der Waals surface area contributed by atoms with Gasteiger partial charge in [0.2, 0.25) is 0 Å². The van der Waals surface area contributed by atoms with E-state index in [2.05, 4.69) is 10.2 Å². The molecule has 0 saturated heterocycles. The molecular weight excluding hydrogens is 284 g/mol. The smallest absolute Gasteiger partial charge is 0.183 e. The largest absolute Gasteiger partial charge is 0.510 e. The number of halogens is 1. The molecule has 0 radical (unpaired) electrons. The van der Waals surface area contributed by atoms with Crippen molar-refractivity contribution in [3.05, 3.63) is 28.6 Å². The summed E-state index contributed by atoms with van der Waals surface area (Å²) in [7, 11) is 2.94. The van der Waals surface area contributed by atoms with Crippen molar-refractivity contribution < 1.29 is 19.4 Å². The second-order valence-electron chi connectivity index (χ2n) is 3.85. The molecule has 0 heterocycles. The van der Waals surface area contributed by atoms with Crippen LogP contribution in [0.1, 0.15) is 13.8 Å². The van der Waals surface area contributed by atoms with Gasteiger partial charge in [-0.1, -0.05) is 11.6 Å². The van der Waals surface area contributed by atoms with Gasteiger partial charge in [0, 0.05) is 13.0 Å². The van der Waals surface area contributed by atoms with E-state index >= 15 is 0 Å². The second kappa shape index (κ2) is 6.91. The molecule has 0 aliphatic rings. The molecule has 1 aromatic carbocycles. The Labute approximate surface area is 121 Å². The van der Waals surface area contributed by atoms with E-state index in [9.17, 15) is 9.90 Å². The lowest BCUT2D eigenvalue weighted by Gasteiger charge is -2.08. The van der Waals surface area contributed by atoms with Gasteiger partial charge in [0.05, 0.1) is 19.2 Å². The van der Waals surface area contributed by atoms with Crippen LogP contribution in [0.4, 0.5) is 5.69 Å². The first-order valence-electron chi connectivity index (χ1n) is 5.64. The Kier molecular flexibility index (Phi) is 5.52. The van der Waals surface area contributed by atoms with E-state index in [1.165, 1.54) is 34.1 Å². The Hall–Kier alpha value is -2.08. The van der Waals surface area contributed by atoms with Crippen LogP contribution in [0.5, 0.6) is 11.5 Å². The minimum Gasteiger partial charge on any atom is -0.510 e. The molecule has 1 rings (SSSR count). The number of allylic oxidation sites excluding steroid dienone is 2. The van der Waals surface area contributed by atoms with Crippen molar-refractivity contribution in [1.29, 1.82) is 0 Å². The predicted octanol–water partition coefficient (Wildman–Crippen LogP) is 3.82. The van der Waals surface area contributed by atoms with Gasteiger partial charge in [-0.2, -0.15) is 0 Å². The number of rotatable bonds is 5. The number of azo groups is 1. The molecule has 0 atom stereocenters. The van der Waals surface area contributed by atoms with Crippen molar-refractivity contribution in [1.82, 2.24) is 0 Å². The zero-order chi connectivity index (χ0) is 15.3. The van der Waals surface area contributed by atoms with Gasteiger partial charge in [0.25, 0.3) is 0 Å². The van der Waals surface area contributed by atoms with Crippen LogP contribution >= 0.6 is 11.6 Å². The third kappa shape index (κ3) is 3.71. The normalized spacial score (nSPS) is 12.2. The number of nitrogens with zero attached hydrogens (tertiary/aromatic N) is 2. The molecule has 108 valence electrons. The number of hydrogen-bond acceptors (Lipinski definition) is 6. The van der Waals surface area contributed by atoms with Gasteiger partial charge in [-0.05, 0) is 13.0 Å². The maximum absolute atomic E-state index is 11.3. The molecule has 20 heavy (non-hydrogen) atoms. The first kappa shape index (κ1) is 16.0. The predicted molar refractivity (Wildman–Crippen MR) is 75.1 cm³/mol. The molecule has 0 aliphatic carbocycles. The Morgan fingerprint density at radius 3 is 2.25 bits per heavy atom. The van der Waals surface area contributed by atoms with Gasteiger partial charge >= 0.3 is 0 Å². The first-order chi connectivity index (χ1) is 9.40. The number of carbonyl (C=O) groups excluding carboxylic acids is 1. The number of aliphatic hydroxyl groups excluding tert-OH is 1. The molecule has 0 saturated carbocycles. The highest BCUT2D eigenvalue weighted by atomic mass is 35.5. The molecule has 0 bridgehead atoms. The second-order valence-corrected chi connectivity index (χ2v) is 4.26. The molecule has 0 aliphatic heterocycles. The van der Waals surface area contributed by atoms with Crippen LogP contribution in [0.3, 0.4) is 0 Å². The lowest BCUT2D eigenvalue weighted by Crippen LogP contribution is -1.96. The molecule has 7 heteroatoms. The molecular formula is C13H15ClN2O4. The number of Topliss-reactive ketones (excluding diaryl/α,β-unsaturated/α-hetero) is 1. The average Bonchev–Trinajstić information content (AvgIpc) is 2.38. The summed E-state index contributed by atoms with van der Waals surface area (Å²) in [6, 6.07) is 3.05. The number of hydrogen-bond donors (Lipinski definition) is 1. The summed E-state index contributed by atoms with van der Waals surface area (Å²) in [5, 5.41) is 17.3. The van der Waals surface area contributed by atoms with Gasteiger partial charge < -0.3 is 14.6 Å². The quantitative estimate of drug-likeness (QED) is 0.509. The molecule has 6 nitrogen and oxygen atoms in total. The SMILES string of the molecule is COc1cc(OC)c(N=N/C(C(C)=O)=C(/C)O)cc1Cl. The van der Waals surface area contributed by atoms with Gasteiger partial charge in [-0.25, -0.2) is 0 Å². The fourth-order valence-electron chi connectivity index (χ4n) is 1.42. The number of aliphatic hydroxyl groups is 1. The fourth-order valence-corrected chi connectivity index (χ4v) is 1.66. The summed E-state index contributed by atoms with van der Waals surface area (Å²) in [6.07, 6.45) is 0. The lowest BCUT2D eigenvalue weighted by atomic mass is 10.2. The van der Waals surface area contributed by atoms with Crippen LogP contribution in [-0.2, 0) is 4.79 Å². The summed E-state index contributed by atoms with van der Waals surface area (Å²) >= 11 is 5.99. The summed E-state index contributed by atoms with van der Waals surface area (Å²) in [5.41, 5.74) is 0.192. The molecule has 0 amide bonds. The van der Waals surface area contributed by atoms with E-state index in [0.717, 1.165) is 0 Å². The standard InChI is InChI=1S/C13H15ClN2O4/c1-7(17)13(8(2)18)16-15-10-5-9(14)11(19-3)6-12(10)20-4/h5-6,17H,1-4H3/b13-7-,16-15?.